The molecule has 0 aliphatic heterocycles. The first-order valence-corrected chi connectivity index (χ1v) is 8.54. The lowest BCUT2D eigenvalue weighted by molar-refractivity contribution is -0.148. The summed E-state index contributed by atoms with van der Waals surface area (Å²) < 4.78 is 42.5. The van der Waals surface area contributed by atoms with Crippen LogP contribution in [-0.4, -0.2) is 23.8 Å². The van der Waals surface area contributed by atoms with Gasteiger partial charge in [0.15, 0.2) is 11.9 Å². The number of ketones is 1. The first-order chi connectivity index (χ1) is 13.6. The van der Waals surface area contributed by atoms with Crippen molar-refractivity contribution in [2.75, 3.05) is 5.32 Å². The fraction of sp³-hybridized carbons (Fsp3) is 0.190. The lowest BCUT2D eigenvalue weighted by Gasteiger charge is -2.12. The number of benzene rings is 2. The molecular weight excluding hydrogens is 387 g/mol. The monoisotopic (exact) mass is 405 g/mol. The van der Waals surface area contributed by atoms with Crippen molar-refractivity contribution in [1.29, 1.82) is 0 Å². The number of alkyl halides is 3. The SMILES string of the molecule is CC(=O)c1ccc(NC(=O)C(C)OC(=O)/C=C/c2ccc(C(F)(F)F)cc2)cc1. The predicted octanol–water partition coefficient (Wildman–Crippen LogP) is 4.49. The van der Waals surface area contributed by atoms with Gasteiger partial charge in [-0.15, -0.1) is 0 Å². The zero-order valence-corrected chi connectivity index (χ0v) is 15.6. The maximum absolute atomic E-state index is 12.5. The molecule has 0 heterocycles. The highest BCUT2D eigenvalue weighted by Gasteiger charge is 2.29. The summed E-state index contributed by atoms with van der Waals surface area (Å²) in [5, 5.41) is 2.55. The van der Waals surface area contributed by atoms with Gasteiger partial charge in [-0.25, -0.2) is 4.79 Å². The highest BCUT2D eigenvalue weighted by Crippen LogP contribution is 2.29. The van der Waals surface area contributed by atoms with Crippen LogP contribution < -0.4 is 5.32 Å². The summed E-state index contributed by atoms with van der Waals surface area (Å²) in [6.45, 7) is 2.80. The third kappa shape index (κ3) is 6.60. The van der Waals surface area contributed by atoms with Crippen LogP contribution in [0.1, 0.15) is 35.3 Å². The van der Waals surface area contributed by atoms with Gasteiger partial charge in [-0.3, -0.25) is 9.59 Å². The normalized spacial score (nSPS) is 12.4. The van der Waals surface area contributed by atoms with Crippen LogP contribution in [0.4, 0.5) is 18.9 Å². The third-order valence-electron chi connectivity index (χ3n) is 3.87. The number of ether oxygens (including phenoxy) is 1. The number of hydrogen-bond acceptors (Lipinski definition) is 4. The van der Waals surface area contributed by atoms with Gasteiger partial charge in [0.2, 0.25) is 0 Å². The Morgan fingerprint density at radius 1 is 1.00 bits per heavy atom. The molecule has 1 N–H and O–H groups in total. The summed E-state index contributed by atoms with van der Waals surface area (Å²) >= 11 is 0. The van der Waals surface area contributed by atoms with Gasteiger partial charge in [0, 0.05) is 17.3 Å². The molecule has 0 fully saturated rings. The quantitative estimate of drug-likeness (QED) is 0.437. The average molecular weight is 405 g/mol. The summed E-state index contributed by atoms with van der Waals surface area (Å²) in [6.07, 6.45) is -3.23. The number of esters is 1. The van der Waals surface area contributed by atoms with E-state index in [0.29, 0.717) is 16.8 Å². The Labute approximate surface area is 165 Å². The van der Waals surface area contributed by atoms with E-state index in [0.717, 1.165) is 18.2 Å². The van der Waals surface area contributed by atoms with Crippen LogP contribution in [0, 0.1) is 0 Å². The molecule has 152 valence electrons. The molecule has 0 saturated heterocycles. The van der Waals surface area contributed by atoms with Crippen LogP contribution in [0.15, 0.2) is 54.6 Å². The number of carbonyl (C=O) groups is 3. The predicted molar refractivity (Wildman–Crippen MR) is 101 cm³/mol. The molecule has 2 aromatic rings. The minimum Gasteiger partial charge on any atom is -0.449 e. The van der Waals surface area contributed by atoms with Crippen LogP contribution in [-0.2, 0) is 20.5 Å². The molecule has 2 aromatic carbocycles. The number of anilines is 1. The molecule has 0 spiro atoms. The van der Waals surface area contributed by atoms with Gasteiger partial charge < -0.3 is 10.1 Å². The molecule has 1 atom stereocenters. The van der Waals surface area contributed by atoms with E-state index in [-0.39, 0.29) is 5.78 Å². The highest BCUT2D eigenvalue weighted by molar-refractivity contribution is 5.98. The molecule has 29 heavy (non-hydrogen) atoms. The second-order valence-electron chi connectivity index (χ2n) is 6.16. The van der Waals surface area contributed by atoms with Gasteiger partial charge in [0.05, 0.1) is 5.56 Å². The molecule has 0 aliphatic rings. The summed E-state index contributed by atoms with van der Waals surface area (Å²) in [5.74, 6) is -1.50. The van der Waals surface area contributed by atoms with E-state index in [1.165, 1.54) is 32.1 Å². The Morgan fingerprint density at radius 3 is 2.10 bits per heavy atom. The number of rotatable bonds is 6. The van der Waals surface area contributed by atoms with Gasteiger partial charge in [-0.05, 0) is 61.9 Å². The van der Waals surface area contributed by atoms with E-state index in [9.17, 15) is 27.6 Å². The fourth-order valence-electron chi connectivity index (χ4n) is 2.25. The molecule has 0 aliphatic carbocycles. The molecule has 0 saturated carbocycles. The number of carbonyl (C=O) groups excluding carboxylic acids is 3. The van der Waals surface area contributed by atoms with Crippen LogP contribution in [0.5, 0.6) is 0 Å². The molecule has 2 rings (SSSR count). The molecule has 8 heteroatoms. The van der Waals surface area contributed by atoms with Crippen molar-refractivity contribution < 1.29 is 32.3 Å². The van der Waals surface area contributed by atoms with Crippen molar-refractivity contribution in [3.63, 3.8) is 0 Å². The maximum Gasteiger partial charge on any atom is 0.416 e. The summed E-state index contributed by atoms with van der Waals surface area (Å²) in [6, 6.07) is 10.4. The van der Waals surface area contributed by atoms with Gasteiger partial charge in [-0.1, -0.05) is 12.1 Å². The smallest absolute Gasteiger partial charge is 0.416 e. The van der Waals surface area contributed by atoms with Gasteiger partial charge in [0.25, 0.3) is 5.91 Å². The molecule has 0 bridgehead atoms. The van der Waals surface area contributed by atoms with Crippen LogP contribution in [0.25, 0.3) is 6.08 Å². The first-order valence-electron chi connectivity index (χ1n) is 8.54. The second-order valence-corrected chi connectivity index (χ2v) is 6.16. The zero-order chi connectivity index (χ0) is 21.6. The van der Waals surface area contributed by atoms with E-state index in [1.807, 2.05) is 0 Å². The number of hydrogen-bond donors (Lipinski definition) is 1. The van der Waals surface area contributed by atoms with Crippen molar-refractivity contribution in [2.24, 2.45) is 0 Å². The lowest BCUT2D eigenvalue weighted by Crippen LogP contribution is -2.29. The zero-order valence-electron chi connectivity index (χ0n) is 15.6. The van der Waals surface area contributed by atoms with Crippen molar-refractivity contribution >= 4 is 29.4 Å². The standard InChI is InChI=1S/C21H18F3NO4/c1-13(26)16-6-10-18(11-7-16)25-20(28)14(2)29-19(27)12-5-15-3-8-17(9-4-15)21(22,23)24/h3-12,14H,1-2H3,(H,25,28)/b12-5+. The molecule has 0 radical (unpaired) electrons. The third-order valence-corrected chi connectivity index (χ3v) is 3.87. The molecule has 1 unspecified atom stereocenters. The number of Topliss-reactive ketones (excluding diaryl/α,β-unsaturated/α-hetero) is 1. The second kappa shape index (κ2) is 9.18. The lowest BCUT2D eigenvalue weighted by atomic mass is 10.1. The number of nitrogens with one attached hydrogen (secondary N) is 1. The summed E-state index contributed by atoms with van der Waals surface area (Å²) in [7, 11) is 0. The Balaban J connectivity index is 1.89. The van der Waals surface area contributed by atoms with Crippen LogP contribution >= 0.6 is 0 Å². The molecular formula is C21H18F3NO4. The Bertz CT molecular complexity index is 916. The first kappa shape index (κ1) is 21.9. The molecule has 5 nitrogen and oxygen atoms in total. The van der Waals surface area contributed by atoms with Crippen molar-refractivity contribution in [2.45, 2.75) is 26.1 Å². The minimum atomic E-state index is -4.43. The van der Waals surface area contributed by atoms with Crippen LogP contribution in [0.3, 0.4) is 0 Å². The van der Waals surface area contributed by atoms with E-state index in [4.69, 9.17) is 4.74 Å². The Kier molecular flexibility index (Phi) is 6.93. The fourth-order valence-corrected chi connectivity index (χ4v) is 2.25. The van der Waals surface area contributed by atoms with E-state index in [1.54, 1.807) is 24.3 Å². The van der Waals surface area contributed by atoms with Crippen molar-refractivity contribution in [3.8, 4) is 0 Å². The van der Waals surface area contributed by atoms with Gasteiger partial charge >= 0.3 is 12.1 Å². The average Bonchev–Trinajstić information content (AvgIpc) is 2.66. The van der Waals surface area contributed by atoms with Crippen molar-refractivity contribution in [1.82, 2.24) is 0 Å². The largest absolute Gasteiger partial charge is 0.449 e. The highest BCUT2D eigenvalue weighted by atomic mass is 19.4. The molecule has 0 aromatic heterocycles. The van der Waals surface area contributed by atoms with E-state index < -0.39 is 29.7 Å². The summed E-state index contributed by atoms with van der Waals surface area (Å²) in [4.78, 5) is 35.1. The molecule has 1 amide bonds. The van der Waals surface area contributed by atoms with Gasteiger partial charge in [-0.2, -0.15) is 13.2 Å². The number of halogens is 3. The summed E-state index contributed by atoms with van der Waals surface area (Å²) in [5.41, 5.74) is 0.510. The number of amides is 1. The Hall–Kier alpha value is -3.42. The maximum atomic E-state index is 12.5. The topological polar surface area (TPSA) is 72.5 Å². The minimum absolute atomic E-state index is 0.106. The van der Waals surface area contributed by atoms with E-state index >= 15 is 0 Å². The van der Waals surface area contributed by atoms with Gasteiger partial charge in [0.1, 0.15) is 0 Å². The van der Waals surface area contributed by atoms with Crippen molar-refractivity contribution in [3.05, 3.63) is 71.3 Å². The van der Waals surface area contributed by atoms with E-state index in [2.05, 4.69) is 5.32 Å². The van der Waals surface area contributed by atoms with Crippen LogP contribution in [0.2, 0.25) is 0 Å². The Morgan fingerprint density at radius 2 is 1.59 bits per heavy atom.